The maximum Gasteiger partial charge on any atom is 0.170 e. The van der Waals surface area contributed by atoms with Crippen molar-refractivity contribution < 1.29 is 9.18 Å². The Labute approximate surface area is 105 Å². The van der Waals surface area contributed by atoms with Crippen LogP contribution in [0.4, 0.5) is 4.39 Å². The molecule has 0 heterocycles. The van der Waals surface area contributed by atoms with E-state index < -0.39 is 5.82 Å². The number of benzene rings is 1. The summed E-state index contributed by atoms with van der Waals surface area (Å²) >= 11 is 5.70. The van der Waals surface area contributed by atoms with E-state index in [9.17, 15) is 9.18 Å². The third-order valence-corrected chi connectivity index (χ3v) is 3.78. The van der Waals surface area contributed by atoms with Crippen LogP contribution in [-0.4, -0.2) is 19.4 Å². The van der Waals surface area contributed by atoms with E-state index in [1.165, 1.54) is 18.2 Å². The van der Waals surface area contributed by atoms with Crippen LogP contribution < -0.4 is 5.32 Å². The van der Waals surface area contributed by atoms with Crippen LogP contribution >= 0.6 is 11.6 Å². The van der Waals surface area contributed by atoms with Crippen molar-refractivity contribution in [3.63, 3.8) is 0 Å². The Morgan fingerprint density at radius 3 is 2.71 bits per heavy atom. The molecular formula is C13H15ClFNO. The SMILES string of the molecule is CNCC1(C(=O)c2ccc(F)c(Cl)c2)CCC1. The summed E-state index contributed by atoms with van der Waals surface area (Å²) in [5.41, 5.74) is 0.196. The molecule has 0 aromatic heterocycles. The molecular weight excluding hydrogens is 241 g/mol. The zero-order valence-electron chi connectivity index (χ0n) is 9.72. The molecule has 1 saturated carbocycles. The van der Waals surface area contributed by atoms with Crippen LogP contribution in [0.1, 0.15) is 29.6 Å². The fourth-order valence-electron chi connectivity index (χ4n) is 2.37. The molecule has 0 spiro atoms. The number of hydrogen-bond acceptors (Lipinski definition) is 2. The van der Waals surface area contributed by atoms with Gasteiger partial charge in [-0.3, -0.25) is 4.79 Å². The summed E-state index contributed by atoms with van der Waals surface area (Å²) in [6.45, 7) is 0.667. The molecule has 0 bridgehead atoms. The topological polar surface area (TPSA) is 29.1 Å². The van der Waals surface area contributed by atoms with Crippen LogP contribution in [0.5, 0.6) is 0 Å². The van der Waals surface area contributed by atoms with E-state index in [2.05, 4.69) is 5.32 Å². The van der Waals surface area contributed by atoms with Gasteiger partial charge in [-0.2, -0.15) is 0 Å². The fraction of sp³-hybridized carbons (Fsp3) is 0.462. The average Bonchev–Trinajstić information content (AvgIpc) is 2.26. The maximum absolute atomic E-state index is 13.0. The minimum atomic E-state index is -0.487. The minimum Gasteiger partial charge on any atom is -0.319 e. The van der Waals surface area contributed by atoms with Crippen LogP contribution in [0, 0.1) is 11.2 Å². The molecule has 92 valence electrons. The Morgan fingerprint density at radius 1 is 1.53 bits per heavy atom. The molecule has 17 heavy (non-hydrogen) atoms. The summed E-state index contributed by atoms with van der Waals surface area (Å²) in [6, 6.07) is 4.19. The summed E-state index contributed by atoms with van der Waals surface area (Å²) < 4.78 is 13.0. The normalized spacial score (nSPS) is 17.6. The summed E-state index contributed by atoms with van der Waals surface area (Å²) in [7, 11) is 1.84. The van der Waals surface area contributed by atoms with Gasteiger partial charge in [0.25, 0.3) is 0 Å². The second-order valence-corrected chi connectivity index (χ2v) is 5.03. The Kier molecular flexibility index (Phi) is 3.50. The summed E-state index contributed by atoms with van der Waals surface area (Å²) in [5.74, 6) is -0.417. The molecule has 0 unspecified atom stereocenters. The van der Waals surface area contributed by atoms with Gasteiger partial charge >= 0.3 is 0 Å². The minimum absolute atomic E-state index is 0.00906. The summed E-state index contributed by atoms with van der Waals surface area (Å²) in [5, 5.41) is 3.07. The van der Waals surface area contributed by atoms with Crippen molar-refractivity contribution in [3.8, 4) is 0 Å². The Hall–Kier alpha value is -0.930. The largest absolute Gasteiger partial charge is 0.319 e. The highest BCUT2D eigenvalue weighted by Crippen LogP contribution is 2.43. The van der Waals surface area contributed by atoms with Crippen molar-refractivity contribution in [2.45, 2.75) is 19.3 Å². The molecule has 2 nitrogen and oxygen atoms in total. The predicted molar refractivity (Wildman–Crippen MR) is 66.0 cm³/mol. The standard InChI is InChI=1S/C13H15ClFNO/c1-16-8-13(5-2-6-13)12(17)9-3-4-11(15)10(14)7-9/h3-4,7,16H,2,5-6,8H2,1H3. The van der Waals surface area contributed by atoms with Gasteiger partial charge in [0.05, 0.1) is 5.02 Å². The van der Waals surface area contributed by atoms with E-state index in [1.54, 1.807) is 0 Å². The van der Waals surface area contributed by atoms with Gasteiger partial charge < -0.3 is 5.32 Å². The van der Waals surface area contributed by atoms with E-state index >= 15 is 0 Å². The first kappa shape index (κ1) is 12.5. The molecule has 0 saturated heterocycles. The van der Waals surface area contributed by atoms with E-state index in [1.807, 2.05) is 7.05 Å². The number of halogens is 2. The highest BCUT2D eigenvalue weighted by molar-refractivity contribution is 6.31. The molecule has 4 heteroatoms. The molecule has 0 radical (unpaired) electrons. The molecule has 0 aliphatic heterocycles. The number of rotatable bonds is 4. The molecule has 0 atom stereocenters. The van der Waals surface area contributed by atoms with Crippen molar-refractivity contribution in [2.75, 3.05) is 13.6 Å². The number of Topliss-reactive ketones (excluding diaryl/α,β-unsaturated/α-hetero) is 1. The second-order valence-electron chi connectivity index (χ2n) is 4.62. The third-order valence-electron chi connectivity index (χ3n) is 3.49. The van der Waals surface area contributed by atoms with E-state index in [-0.39, 0.29) is 16.2 Å². The van der Waals surface area contributed by atoms with Crippen LogP contribution in [0.2, 0.25) is 5.02 Å². The molecule has 1 fully saturated rings. The van der Waals surface area contributed by atoms with E-state index in [0.29, 0.717) is 12.1 Å². The summed E-state index contributed by atoms with van der Waals surface area (Å²) in [6.07, 6.45) is 2.85. The Morgan fingerprint density at radius 2 is 2.24 bits per heavy atom. The third kappa shape index (κ3) is 2.22. The van der Waals surface area contributed by atoms with Crippen molar-refractivity contribution in [2.24, 2.45) is 5.41 Å². The second kappa shape index (κ2) is 4.75. The number of ketones is 1. The quantitative estimate of drug-likeness (QED) is 0.838. The number of hydrogen-bond donors (Lipinski definition) is 1. The first-order valence-corrected chi connectivity index (χ1v) is 6.11. The first-order chi connectivity index (χ1) is 8.09. The molecule has 1 aliphatic rings. The van der Waals surface area contributed by atoms with Gasteiger partial charge in [0, 0.05) is 17.5 Å². The zero-order chi connectivity index (χ0) is 12.5. The van der Waals surface area contributed by atoms with Gasteiger partial charge in [-0.05, 0) is 38.1 Å². The van der Waals surface area contributed by atoms with Gasteiger partial charge in [0.15, 0.2) is 5.78 Å². The lowest BCUT2D eigenvalue weighted by molar-refractivity contribution is 0.0614. The van der Waals surface area contributed by atoms with Gasteiger partial charge in [0.2, 0.25) is 0 Å². The maximum atomic E-state index is 13.0. The molecule has 1 aliphatic carbocycles. The zero-order valence-corrected chi connectivity index (χ0v) is 10.5. The molecule has 1 aromatic rings. The number of nitrogens with one attached hydrogen (secondary N) is 1. The lowest BCUT2D eigenvalue weighted by atomic mass is 9.64. The van der Waals surface area contributed by atoms with E-state index in [4.69, 9.17) is 11.6 Å². The smallest absolute Gasteiger partial charge is 0.170 e. The molecule has 1 N–H and O–H groups in total. The Balaban J connectivity index is 2.26. The monoisotopic (exact) mass is 255 g/mol. The lowest BCUT2D eigenvalue weighted by Gasteiger charge is -2.40. The van der Waals surface area contributed by atoms with Crippen LogP contribution in [0.15, 0.2) is 18.2 Å². The summed E-state index contributed by atoms with van der Waals surface area (Å²) in [4.78, 5) is 12.4. The van der Waals surface area contributed by atoms with Crippen molar-refractivity contribution in [3.05, 3.63) is 34.6 Å². The van der Waals surface area contributed by atoms with Crippen LogP contribution in [0.25, 0.3) is 0 Å². The van der Waals surface area contributed by atoms with Crippen molar-refractivity contribution in [1.82, 2.24) is 5.32 Å². The van der Waals surface area contributed by atoms with E-state index in [0.717, 1.165) is 19.3 Å². The average molecular weight is 256 g/mol. The molecule has 2 rings (SSSR count). The van der Waals surface area contributed by atoms with Gasteiger partial charge in [-0.15, -0.1) is 0 Å². The van der Waals surface area contributed by atoms with Gasteiger partial charge in [0.1, 0.15) is 5.82 Å². The van der Waals surface area contributed by atoms with Gasteiger partial charge in [-0.25, -0.2) is 4.39 Å². The predicted octanol–water partition coefficient (Wildman–Crippen LogP) is 3.05. The fourth-order valence-corrected chi connectivity index (χ4v) is 2.55. The molecule has 0 amide bonds. The Bertz CT molecular complexity index is 443. The number of carbonyl (C=O) groups excluding carboxylic acids is 1. The number of carbonyl (C=O) groups is 1. The van der Waals surface area contributed by atoms with Crippen molar-refractivity contribution >= 4 is 17.4 Å². The van der Waals surface area contributed by atoms with Crippen LogP contribution in [0.3, 0.4) is 0 Å². The lowest BCUT2D eigenvalue weighted by Crippen LogP contribution is -2.45. The van der Waals surface area contributed by atoms with Crippen molar-refractivity contribution in [1.29, 1.82) is 0 Å². The first-order valence-electron chi connectivity index (χ1n) is 5.73. The van der Waals surface area contributed by atoms with Gasteiger partial charge in [-0.1, -0.05) is 18.0 Å². The molecule has 1 aromatic carbocycles. The highest BCUT2D eigenvalue weighted by Gasteiger charge is 2.43. The highest BCUT2D eigenvalue weighted by atomic mass is 35.5. The van der Waals surface area contributed by atoms with Crippen LogP contribution in [-0.2, 0) is 0 Å².